The first-order valence-electron chi connectivity index (χ1n) is 7.40. The summed E-state index contributed by atoms with van der Waals surface area (Å²) in [5, 5.41) is 0. The van der Waals surface area contributed by atoms with Gasteiger partial charge in [0.05, 0.1) is 16.5 Å². The summed E-state index contributed by atoms with van der Waals surface area (Å²) in [4.78, 5) is 12.0. The zero-order valence-electron chi connectivity index (χ0n) is 12.7. The van der Waals surface area contributed by atoms with Crippen LogP contribution < -0.4 is 10.0 Å². The summed E-state index contributed by atoms with van der Waals surface area (Å²) in [5.74, 6) is -0.899. The van der Waals surface area contributed by atoms with Gasteiger partial charge in [-0.15, -0.1) is 0 Å². The topological polar surface area (TPSA) is 80.5 Å². The fraction of sp³-hybridized carbons (Fsp3) is 0.235. The van der Waals surface area contributed by atoms with Gasteiger partial charge in [-0.25, -0.2) is 8.42 Å². The molecule has 2 aromatic carbocycles. The van der Waals surface area contributed by atoms with E-state index in [2.05, 4.69) is 0 Å². The number of carbonyl (C=O) groups excluding carboxylic acids is 1. The molecule has 0 aliphatic carbocycles. The van der Waals surface area contributed by atoms with E-state index in [0.717, 1.165) is 0 Å². The Morgan fingerprint density at radius 1 is 1.09 bits per heavy atom. The highest BCUT2D eigenvalue weighted by Gasteiger charge is 2.39. The second kappa shape index (κ2) is 5.70. The molecule has 0 unspecified atom stereocenters. The molecule has 1 amide bonds. The van der Waals surface area contributed by atoms with E-state index in [-0.39, 0.29) is 10.9 Å². The number of primary amides is 1. The maximum atomic E-state index is 13.0. The normalized spacial score (nSPS) is 20.8. The molecular formula is C17H18N2O3S. The SMILES string of the molecule is C[C@@H]1C[C@@H](C(N)=O)c2ccccc2N1S(=O)(=O)c1ccccc1. The van der Waals surface area contributed by atoms with Crippen molar-refractivity contribution in [3.05, 3.63) is 60.2 Å². The number of anilines is 1. The van der Waals surface area contributed by atoms with Crippen molar-refractivity contribution in [2.75, 3.05) is 4.31 Å². The van der Waals surface area contributed by atoms with Gasteiger partial charge in [0.25, 0.3) is 10.0 Å². The van der Waals surface area contributed by atoms with Crippen LogP contribution in [0.4, 0.5) is 5.69 Å². The van der Waals surface area contributed by atoms with Crippen LogP contribution in [0, 0.1) is 0 Å². The second-order valence-corrected chi connectivity index (χ2v) is 7.53. The van der Waals surface area contributed by atoms with E-state index in [0.29, 0.717) is 17.7 Å². The van der Waals surface area contributed by atoms with Gasteiger partial charge in [-0.3, -0.25) is 9.10 Å². The fourth-order valence-electron chi connectivity index (χ4n) is 3.13. The molecule has 1 heterocycles. The molecule has 120 valence electrons. The number of rotatable bonds is 3. The van der Waals surface area contributed by atoms with Gasteiger partial charge >= 0.3 is 0 Å². The van der Waals surface area contributed by atoms with Gasteiger partial charge in [0.15, 0.2) is 0 Å². The first-order valence-corrected chi connectivity index (χ1v) is 8.84. The lowest BCUT2D eigenvalue weighted by Gasteiger charge is -2.38. The fourth-order valence-corrected chi connectivity index (χ4v) is 4.84. The van der Waals surface area contributed by atoms with Gasteiger partial charge < -0.3 is 5.73 Å². The third-order valence-corrected chi connectivity index (χ3v) is 6.11. The molecule has 23 heavy (non-hydrogen) atoms. The molecule has 0 fully saturated rings. The van der Waals surface area contributed by atoms with Crippen LogP contribution in [0.25, 0.3) is 0 Å². The number of sulfonamides is 1. The molecule has 0 saturated heterocycles. The van der Waals surface area contributed by atoms with Crippen LogP contribution in [-0.2, 0) is 14.8 Å². The number of hydrogen-bond acceptors (Lipinski definition) is 3. The van der Waals surface area contributed by atoms with Crippen LogP contribution in [0.1, 0.15) is 24.8 Å². The van der Waals surface area contributed by atoms with Gasteiger partial charge in [-0.1, -0.05) is 36.4 Å². The predicted octanol–water partition coefficient (Wildman–Crippen LogP) is 2.24. The molecule has 1 aliphatic heterocycles. The highest BCUT2D eigenvalue weighted by Crippen LogP contribution is 2.41. The van der Waals surface area contributed by atoms with Gasteiger partial charge in [0.1, 0.15) is 0 Å². The van der Waals surface area contributed by atoms with Gasteiger partial charge in [0.2, 0.25) is 5.91 Å². The Balaban J connectivity index is 2.17. The molecule has 0 bridgehead atoms. The van der Waals surface area contributed by atoms with Crippen LogP contribution in [-0.4, -0.2) is 20.4 Å². The number of benzene rings is 2. The molecular weight excluding hydrogens is 312 g/mol. The molecule has 2 N–H and O–H groups in total. The number of fused-ring (bicyclic) bond motifs is 1. The van der Waals surface area contributed by atoms with E-state index in [9.17, 15) is 13.2 Å². The quantitative estimate of drug-likeness (QED) is 0.937. The van der Waals surface area contributed by atoms with Crippen molar-refractivity contribution in [2.24, 2.45) is 5.73 Å². The number of nitrogens with zero attached hydrogens (tertiary/aromatic N) is 1. The third kappa shape index (κ3) is 2.59. The van der Waals surface area contributed by atoms with Crippen LogP contribution in [0.5, 0.6) is 0 Å². The Hall–Kier alpha value is -2.34. The minimum absolute atomic E-state index is 0.235. The van der Waals surface area contributed by atoms with Crippen LogP contribution in [0.2, 0.25) is 0 Å². The summed E-state index contributed by atoms with van der Waals surface area (Å²) < 4.78 is 27.5. The second-order valence-electron chi connectivity index (χ2n) is 5.71. The van der Waals surface area contributed by atoms with Crippen molar-refractivity contribution < 1.29 is 13.2 Å². The van der Waals surface area contributed by atoms with Crippen molar-refractivity contribution in [3.8, 4) is 0 Å². The van der Waals surface area contributed by atoms with E-state index < -0.39 is 21.8 Å². The van der Waals surface area contributed by atoms with E-state index >= 15 is 0 Å². The Labute approximate surface area is 135 Å². The number of nitrogens with two attached hydrogens (primary N) is 1. The minimum atomic E-state index is -3.69. The van der Waals surface area contributed by atoms with Crippen molar-refractivity contribution in [3.63, 3.8) is 0 Å². The largest absolute Gasteiger partial charge is 0.369 e. The zero-order valence-corrected chi connectivity index (χ0v) is 13.5. The van der Waals surface area contributed by atoms with Gasteiger partial charge in [-0.05, 0) is 37.1 Å². The van der Waals surface area contributed by atoms with Crippen LogP contribution in [0.3, 0.4) is 0 Å². The molecule has 6 heteroatoms. The smallest absolute Gasteiger partial charge is 0.264 e. The average Bonchev–Trinajstić information content (AvgIpc) is 2.54. The number of amides is 1. The van der Waals surface area contributed by atoms with E-state index in [1.54, 1.807) is 61.5 Å². The van der Waals surface area contributed by atoms with Gasteiger partial charge in [0, 0.05) is 6.04 Å². The zero-order chi connectivity index (χ0) is 16.6. The number of carbonyl (C=O) groups is 1. The lowest BCUT2D eigenvalue weighted by Crippen LogP contribution is -2.45. The van der Waals surface area contributed by atoms with Crippen molar-refractivity contribution in [1.29, 1.82) is 0 Å². The summed E-state index contributed by atoms with van der Waals surface area (Å²) in [6.45, 7) is 1.80. The Bertz CT molecular complexity index is 834. The highest BCUT2D eigenvalue weighted by atomic mass is 32.2. The van der Waals surface area contributed by atoms with Crippen molar-refractivity contribution in [1.82, 2.24) is 0 Å². The van der Waals surface area contributed by atoms with Crippen LogP contribution >= 0.6 is 0 Å². The van der Waals surface area contributed by atoms with E-state index in [1.165, 1.54) is 4.31 Å². The molecule has 0 aromatic heterocycles. The lowest BCUT2D eigenvalue weighted by atomic mass is 9.87. The third-order valence-electron chi connectivity index (χ3n) is 4.17. The molecule has 2 aromatic rings. The summed E-state index contributed by atoms with van der Waals surface area (Å²) in [6.07, 6.45) is 0.373. The highest BCUT2D eigenvalue weighted by molar-refractivity contribution is 7.92. The predicted molar refractivity (Wildman–Crippen MR) is 88.6 cm³/mol. The summed E-state index contributed by atoms with van der Waals surface area (Å²) in [5.41, 5.74) is 6.69. The standard InChI is InChI=1S/C17H18N2O3S/c1-12-11-15(17(18)20)14-9-5-6-10-16(14)19(12)23(21,22)13-7-3-2-4-8-13/h2-10,12,15H,11H2,1H3,(H2,18,20)/t12-,15-/m1/s1. The first kappa shape index (κ1) is 15.6. The summed E-state index contributed by atoms with van der Waals surface area (Å²) in [7, 11) is -3.69. The molecule has 2 atom stereocenters. The molecule has 5 nitrogen and oxygen atoms in total. The maximum absolute atomic E-state index is 13.0. The van der Waals surface area contributed by atoms with Crippen molar-refractivity contribution >= 4 is 21.6 Å². The Kier molecular flexibility index (Phi) is 3.85. The van der Waals surface area contributed by atoms with Gasteiger partial charge in [-0.2, -0.15) is 0 Å². The summed E-state index contributed by atoms with van der Waals surface area (Å²) in [6, 6.07) is 15.0. The Morgan fingerprint density at radius 3 is 2.35 bits per heavy atom. The monoisotopic (exact) mass is 330 g/mol. The van der Waals surface area contributed by atoms with Crippen LogP contribution in [0.15, 0.2) is 59.5 Å². The molecule has 1 aliphatic rings. The lowest BCUT2D eigenvalue weighted by molar-refractivity contribution is -0.119. The molecule has 3 rings (SSSR count). The number of hydrogen-bond donors (Lipinski definition) is 1. The minimum Gasteiger partial charge on any atom is -0.369 e. The maximum Gasteiger partial charge on any atom is 0.264 e. The number of para-hydroxylation sites is 1. The summed E-state index contributed by atoms with van der Waals surface area (Å²) >= 11 is 0. The molecule has 0 radical (unpaired) electrons. The molecule has 0 spiro atoms. The Morgan fingerprint density at radius 2 is 1.70 bits per heavy atom. The van der Waals surface area contributed by atoms with Crippen molar-refractivity contribution in [2.45, 2.75) is 30.2 Å². The molecule has 0 saturated carbocycles. The van der Waals surface area contributed by atoms with E-state index in [1.807, 2.05) is 0 Å². The van der Waals surface area contributed by atoms with E-state index in [4.69, 9.17) is 5.73 Å². The first-order chi connectivity index (χ1) is 10.9. The average molecular weight is 330 g/mol.